The van der Waals surface area contributed by atoms with Gasteiger partial charge in [0.25, 0.3) is 0 Å². The van der Waals surface area contributed by atoms with Gasteiger partial charge in [-0.25, -0.2) is 0 Å². The SMILES string of the molecule is COc1ccc(C2CC(=O)Oc3c2cc(OC)c(OC)c3OC)cc1O. The lowest BCUT2D eigenvalue weighted by atomic mass is 9.85. The lowest BCUT2D eigenvalue weighted by Crippen LogP contribution is -2.22. The molecule has 0 spiro atoms. The number of hydrogen-bond donors (Lipinski definition) is 1. The van der Waals surface area contributed by atoms with Crippen LogP contribution in [-0.4, -0.2) is 39.5 Å². The fourth-order valence-corrected chi connectivity index (χ4v) is 3.17. The largest absolute Gasteiger partial charge is 0.504 e. The van der Waals surface area contributed by atoms with Gasteiger partial charge in [-0.15, -0.1) is 0 Å². The van der Waals surface area contributed by atoms with Crippen LogP contribution >= 0.6 is 0 Å². The Morgan fingerprint density at radius 2 is 1.65 bits per heavy atom. The van der Waals surface area contributed by atoms with Crippen LogP contribution in [-0.2, 0) is 4.79 Å². The molecule has 1 aliphatic rings. The van der Waals surface area contributed by atoms with Crippen LogP contribution in [0.15, 0.2) is 24.3 Å². The molecule has 0 saturated carbocycles. The first-order valence-corrected chi connectivity index (χ1v) is 7.94. The third-order valence-corrected chi connectivity index (χ3v) is 4.38. The van der Waals surface area contributed by atoms with Crippen LogP contribution in [0.3, 0.4) is 0 Å². The highest BCUT2D eigenvalue weighted by Gasteiger charge is 2.34. The van der Waals surface area contributed by atoms with Crippen molar-refractivity contribution in [1.82, 2.24) is 0 Å². The van der Waals surface area contributed by atoms with E-state index in [4.69, 9.17) is 23.7 Å². The van der Waals surface area contributed by atoms with Crippen molar-refractivity contribution >= 4 is 5.97 Å². The summed E-state index contributed by atoms with van der Waals surface area (Å²) in [5.41, 5.74) is 1.46. The average Bonchev–Trinajstić information content (AvgIpc) is 2.65. The molecule has 1 atom stereocenters. The maximum absolute atomic E-state index is 12.2. The molecule has 0 bridgehead atoms. The molecule has 1 heterocycles. The number of methoxy groups -OCH3 is 4. The molecule has 2 aromatic carbocycles. The summed E-state index contributed by atoms with van der Waals surface area (Å²) < 4.78 is 26.7. The minimum atomic E-state index is -0.400. The highest BCUT2D eigenvalue weighted by molar-refractivity contribution is 5.81. The molecule has 138 valence electrons. The van der Waals surface area contributed by atoms with E-state index in [1.54, 1.807) is 24.3 Å². The number of ether oxygens (including phenoxy) is 5. The predicted molar refractivity (Wildman–Crippen MR) is 92.9 cm³/mol. The summed E-state index contributed by atoms with van der Waals surface area (Å²) in [4.78, 5) is 12.2. The molecule has 0 radical (unpaired) electrons. The molecule has 1 aliphatic heterocycles. The number of phenolic OH excluding ortho intramolecular Hbond substituents is 1. The molecule has 0 aromatic heterocycles. The average molecular weight is 360 g/mol. The molecule has 2 aromatic rings. The Bertz CT molecular complexity index is 844. The fraction of sp³-hybridized carbons (Fsp3) is 0.316. The summed E-state index contributed by atoms with van der Waals surface area (Å²) in [7, 11) is 5.95. The van der Waals surface area contributed by atoms with Crippen molar-refractivity contribution in [3.05, 3.63) is 35.4 Å². The van der Waals surface area contributed by atoms with Gasteiger partial charge in [0.15, 0.2) is 23.0 Å². The minimum Gasteiger partial charge on any atom is -0.504 e. The second-order valence-corrected chi connectivity index (χ2v) is 5.73. The lowest BCUT2D eigenvalue weighted by Gasteiger charge is -2.28. The van der Waals surface area contributed by atoms with Gasteiger partial charge in [-0.05, 0) is 23.8 Å². The minimum absolute atomic E-state index is 0.00191. The van der Waals surface area contributed by atoms with Gasteiger partial charge in [0.05, 0.1) is 34.9 Å². The van der Waals surface area contributed by atoms with Gasteiger partial charge in [0, 0.05) is 11.5 Å². The van der Waals surface area contributed by atoms with Gasteiger partial charge >= 0.3 is 5.97 Å². The van der Waals surface area contributed by atoms with Gasteiger partial charge < -0.3 is 28.8 Å². The number of phenols is 1. The molecule has 3 rings (SSSR count). The van der Waals surface area contributed by atoms with Gasteiger partial charge in [-0.1, -0.05) is 6.07 Å². The number of hydrogen-bond acceptors (Lipinski definition) is 7. The summed E-state index contributed by atoms with van der Waals surface area (Å²) in [5.74, 6) is 1.01. The van der Waals surface area contributed by atoms with Crippen molar-refractivity contribution in [2.75, 3.05) is 28.4 Å². The first-order chi connectivity index (χ1) is 12.5. The second kappa shape index (κ2) is 7.03. The quantitative estimate of drug-likeness (QED) is 0.648. The summed E-state index contributed by atoms with van der Waals surface area (Å²) in [6.07, 6.45) is 0.122. The van der Waals surface area contributed by atoms with E-state index in [-0.39, 0.29) is 23.8 Å². The van der Waals surface area contributed by atoms with E-state index in [9.17, 15) is 9.90 Å². The molecule has 1 N–H and O–H groups in total. The molecule has 0 amide bonds. The monoisotopic (exact) mass is 360 g/mol. The van der Waals surface area contributed by atoms with Crippen LogP contribution in [0.4, 0.5) is 0 Å². The highest BCUT2D eigenvalue weighted by atomic mass is 16.6. The summed E-state index contributed by atoms with van der Waals surface area (Å²) in [5, 5.41) is 10.1. The standard InChI is InChI=1S/C19H20O7/c1-22-14-6-5-10(7-13(14)20)11-9-16(21)26-17-12(11)8-15(23-2)18(24-3)19(17)25-4/h5-8,11,20H,9H2,1-4H3. The topological polar surface area (TPSA) is 83.5 Å². The Morgan fingerprint density at radius 3 is 2.23 bits per heavy atom. The number of carbonyl (C=O) groups is 1. The van der Waals surface area contributed by atoms with Crippen LogP contribution in [0.1, 0.15) is 23.5 Å². The third kappa shape index (κ3) is 2.85. The van der Waals surface area contributed by atoms with Crippen LogP contribution in [0, 0.1) is 0 Å². The Kier molecular flexibility index (Phi) is 4.79. The third-order valence-electron chi connectivity index (χ3n) is 4.38. The van der Waals surface area contributed by atoms with Crippen molar-refractivity contribution in [2.24, 2.45) is 0 Å². The van der Waals surface area contributed by atoms with Gasteiger partial charge in [0.2, 0.25) is 11.5 Å². The number of fused-ring (bicyclic) bond motifs is 1. The van der Waals surface area contributed by atoms with E-state index in [1.165, 1.54) is 28.4 Å². The van der Waals surface area contributed by atoms with Crippen molar-refractivity contribution in [2.45, 2.75) is 12.3 Å². The first-order valence-electron chi connectivity index (χ1n) is 7.94. The second-order valence-electron chi connectivity index (χ2n) is 5.73. The fourth-order valence-electron chi connectivity index (χ4n) is 3.17. The van der Waals surface area contributed by atoms with E-state index in [1.807, 2.05) is 0 Å². The molecule has 0 aliphatic carbocycles. The van der Waals surface area contributed by atoms with E-state index >= 15 is 0 Å². The smallest absolute Gasteiger partial charge is 0.312 e. The molecule has 7 nitrogen and oxygen atoms in total. The van der Waals surface area contributed by atoms with E-state index < -0.39 is 5.97 Å². The number of benzene rings is 2. The Balaban J connectivity index is 2.20. The van der Waals surface area contributed by atoms with E-state index in [0.29, 0.717) is 28.6 Å². The zero-order valence-corrected chi connectivity index (χ0v) is 15.0. The van der Waals surface area contributed by atoms with Crippen LogP contribution in [0.25, 0.3) is 0 Å². The Hall–Kier alpha value is -3.09. The molecule has 1 unspecified atom stereocenters. The van der Waals surface area contributed by atoms with Crippen molar-refractivity contribution in [3.63, 3.8) is 0 Å². The number of aromatic hydroxyl groups is 1. The summed E-state index contributed by atoms with van der Waals surface area (Å²) in [6, 6.07) is 6.79. The van der Waals surface area contributed by atoms with Crippen LogP contribution in [0.2, 0.25) is 0 Å². The molecular weight excluding hydrogens is 340 g/mol. The highest BCUT2D eigenvalue weighted by Crippen LogP contribution is 2.52. The lowest BCUT2D eigenvalue weighted by molar-refractivity contribution is -0.135. The van der Waals surface area contributed by atoms with Crippen molar-refractivity contribution < 1.29 is 33.6 Å². The van der Waals surface area contributed by atoms with Crippen molar-refractivity contribution in [1.29, 1.82) is 0 Å². The van der Waals surface area contributed by atoms with Gasteiger partial charge in [0.1, 0.15) is 0 Å². The number of esters is 1. The van der Waals surface area contributed by atoms with Crippen LogP contribution < -0.4 is 23.7 Å². The normalized spacial score (nSPS) is 15.7. The van der Waals surface area contributed by atoms with Crippen LogP contribution in [0.5, 0.6) is 34.5 Å². The number of rotatable bonds is 5. The Labute approximate surface area is 151 Å². The zero-order valence-electron chi connectivity index (χ0n) is 15.0. The summed E-state index contributed by atoms with van der Waals surface area (Å²) in [6.45, 7) is 0. The molecule has 7 heteroatoms. The Morgan fingerprint density at radius 1 is 0.962 bits per heavy atom. The molecule has 26 heavy (non-hydrogen) atoms. The summed E-state index contributed by atoms with van der Waals surface area (Å²) >= 11 is 0. The predicted octanol–water partition coefficient (Wildman–Crippen LogP) is 2.87. The maximum atomic E-state index is 12.2. The number of carbonyl (C=O) groups excluding carboxylic acids is 1. The van der Waals surface area contributed by atoms with E-state index in [2.05, 4.69) is 0 Å². The molecule has 0 saturated heterocycles. The molecule has 0 fully saturated rings. The first kappa shape index (κ1) is 17.7. The zero-order chi connectivity index (χ0) is 18.8. The van der Waals surface area contributed by atoms with Crippen molar-refractivity contribution in [3.8, 4) is 34.5 Å². The molecular formula is C19H20O7. The maximum Gasteiger partial charge on any atom is 0.312 e. The van der Waals surface area contributed by atoms with E-state index in [0.717, 1.165) is 5.56 Å². The van der Waals surface area contributed by atoms with Gasteiger partial charge in [-0.3, -0.25) is 4.79 Å². The van der Waals surface area contributed by atoms with Gasteiger partial charge in [-0.2, -0.15) is 0 Å².